The Morgan fingerprint density at radius 3 is 2.82 bits per heavy atom. The number of Topliss-reactive ketones (excluding diaryl/α,β-unsaturated/α-hetero) is 1. The molecule has 2 N–H and O–H groups in total. The molecule has 0 aliphatic carbocycles. The lowest BCUT2D eigenvalue weighted by Gasteiger charge is -2.21. The minimum Gasteiger partial charge on any atom is -0.395 e. The highest BCUT2D eigenvalue weighted by Gasteiger charge is 2.17. The maximum absolute atomic E-state index is 11.7. The molecule has 1 rings (SSSR count). The van der Waals surface area contributed by atoms with Gasteiger partial charge in [-0.25, -0.2) is 0 Å². The Hall–Kier alpha value is -1.73. The van der Waals surface area contributed by atoms with Gasteiger partial charge in [0.25, 0.3) is 5.69 Å². The van der Waals surface area contributed by atoms with E-state index in [0.29, 0.717) is 0 Å². The molecule has 0 amide bonds. The monoisotopic (exact) mass is 241 g/mol. The van der Waals surface area contributed by atoms with E-state index < -0.39 is 4.92 Å². The van der Waals surface area contributed by atoms with Crippen molar-refractivity contribution in [3.8, 4) is 0 Å². The van der Waals surface area contributed by atoms with Crippen molar-refractivity contribution < 1.29 is 14.8 Å². The third-order valence-corrected chi connectivity index (χ3v) is 2.59. The first-order chi connectivity index (χ1) is 7.95. The molecule has 0 aliphatic heterocycles. The van der Waals surface area contributed by atoms with Crippen molar-refractivity contribution in [1.29, 1.82) is 0 Å². The molecule has 17 heavy (non-hydrogen) atoms. The molecule has 1 unspecified atom stereocenters. The summed E-state index contributed by atoms with van der Waals surface area (Å²) in [5.74, 6) is -0.249. The van der Waals surface area contributed by atoms with Gasteiger partial charge >= 0.3 is 0 Å². The SMILES string of the molecule is CC(CO)N(C)CC(=O)c1cc([N+](=O)[O-])c[nH]1. The summed E-state index contributed by atoms with van der Waals surface area (Å²) in [6.07, 6.45) is 1.18. The van der Waals surface area contributed by atoms with Crippen LogP contribution in [0.3, 0.4) is 0 Å². The van der Waals surface area contributed by atoms with Crippen LogP contribution in [0.5, 0.6) is 0 Å². The Morgan fingerprint density at radius 1 is 1.71 bits per heavy atom. The van der Waals surface area contributed by atoms with E-state index in [2.05, 4.69) is 4.98 Å². The fraction of sp³-hybridized carbons (Fsp3) is 0.500. The molecule has 7 nitrogen and oxygen atoms in total. The van der Waals surface area contributed by atoms with Gasteiger partial charge in [-0.3, -0.25) is 19.8 Å². The molecule has 1 aromatic heterocycles. The van der Waals surface area contributed by atoms with Gasteiger partial charge < -0.3 is 10.1 Å². The average molecular weight is 241 g/mol. The predicted octanol–water partition coefficient (Wildman–Crippen LogP) is 0.418. The van der Waals surface area contributed by atoms with E-state index in [1.807, 2.05) is 0 Å². The summed E-state index contributed by atoms with van der Waals surface area (Å²) >= 11 is 0. The molecule has 0 fully saturated rings. The molecule has 1 atom stereocenters. The predicted molar refractivity (Wildman–Crippen MR) is 61.0 cm³/mol. The molecule has 0 spiro atoms. The van der Waals surface area contributed by atoms with Crippen LogP contribution < -0.4 is 0 Å². The van der Waals surface area contributed by atoms with Crippen molar-refractivity contribution in [2.45, 2.75) is 13.0 Å². The lowest BCUT2D eigenvalue weighted by molar-refractivity contribution is -0.384. The van der Waals surface area contributed by atoms with Crippen LogP contribution in [0.2, 0.25) is 0 Å². The van der Waals surface area contributed by atoms with E-state index in [9.17, 15) is 14.9 Å². The number of nitrogens with zero attached hydrogens (tertiary/aromatic N) is 2. The van der Waals surface area contributed by atoms with Crippen LogP contribution in [-0.2, 0) is 0 Å². The van der Waals surface area contributed by atoms with Crippen LogP contribution in [0.4, 0.5) is 5.69 Å². The van der Waals surface area contributed by atoms with Crippen molar-refractivity contribution in [2.24, 2.45) is 0 Å². The third-order valence-electron chi connectivity index (χ3n) is 2.59. The molecule has 1 aromatic rings. The zero-order valence-corrected chi connectivity index (χ0v) is 9.71. The highest BCUT2D eigenvalue weighted by molar-refractivity contribution is 5.96. The van der Waals surface area contributed by atoms with Crippen LogP contribution in [-0.4, -0.2) is 51.9 Å². The highest BCUT2D eigenvalue weighted by Crippen LogP contribution is 2.13. The first kappa shape index (κ1) is 13.3. The van der Waals surface area contributed by atoms with E-state index in [0.717, 1.165) is 0 Å². The number of carbonyl (C=O) groups excluding carboxylic acids is 1. The third kappa shape index (κ3) is 3.36. The average Bonchev–Trinajstić information content (AvgIpc) is 2.77. The van der Waals surface area contributed by atoms with Gasteiger partial charge in [0.15, 0.2) is 5.78 Å². The van der Waals surface area contributed by atoms with Crippen LogP contribution >= 0.6 is 0 Å². The fourth-order valence-electron chi connectivity index (χ4n) is 1.26. The van der Waals surface area contributed by atoms with Gasteiger partial charge in [-0.15, -0.1) is 0 Å². The van der Waals surface area contributed by atoms with Gasteiger partial charge in [-0.2, -0.15) is 0 Å². The van der Waals surface area contributed by atoms with Gasteiger partial charge in [0.05, 0.1) is 30.0 Å². The lowest BCUT2D eigenvalue weighted by Crippen LogP contribution is -2.36. The smallest absolute Gasteiger partial charge is 0.287 e. The second kappa shape index (κ2) is 5.55. The standard InChI is InChI=1S/C10H15N3O4/c1-7(6-14)12(2)5-10(15)9-3-8(4-11-9)13(16)17/h3-4,7,11,14H,5-6H2,1-2H3. The molecule has 94 valence electrons. The number of H-pyrrole nitrogens is 1. The summed E-state index contributed by atoms with van der Waals surface area (Å²) in [5, 5.41) is 19.4. The second-order valence-corrected chi connectivity index (χ2v) is 3.90. The Morgan fingerprint density at radius 2 is 2.35 bits per heavy atom. The van der Waals surface area contributed by atoms with Crippen LogP contribution in [0.15, 0.2) is 12.3 Å². The summed E-state index contributed by atoms with van der Waals surface area (Å²) in [4.78, 5) is 25.9. The maximum Gasteiger partial charge on any atom is 0.287 e. The van der Waals surface area contributed by atoms with Crippen molar-refractivity contribution in [1.82, 2.24) is 9.88 Å². The number of hydrogen-bond acceptors (Lipinski definition) is 5. The molecule has 0 saturated heterocycles. The van der Waals surface area contributed by atoms with Gasteiger partial charge in [0.2, 0.25) is 0 Å². The molecule has 7 heteroatoms. The Kier molecular flexibility index (Phi) is 4.36. The summed E-state index contributed by atoms with van der Waals surface area (Å²) in [6.45, 7) is 1.83. The van der Waals surface area contributed by atoms with Gasteiger partial charge in [0.1, 0.15) is 0 Å². The molecular weight excluding hydrogens is 226 g/mol. The highest BCUT2D eigenvalue weighted by atomic mass is 16.6. The Balaban J connectivity index is 2.66. The summed E-state index contributed by atoms with van der Waals surface area (Å²) in [5.41, 5.74) is 0.0694. The van der Waals surface area contributed by atoms with E-state index in [1.165, 1.54) is 12.3 Å². The number of aromatic amines is 1. The molecular formula is C10H15N3O4. The van der Waals surface area contributed by atoms with Gasteiger partial charge in [-0.05, 0) is 14.0 Å². The lowest BCUT2D eigenvalue weighted by atomic mass is 10.2. The number of carbonyl (C=O) groups is 1. The summed E-state index contributed by atoms with van der Waals surface area (Å²) in [6, 6.07) is 1.07. The van der Waals surface area contributed by atoms with Crippen LogP contribution in [0.25, 0.3) is 0 Å². The molecule has 0 saturated carbocycles. The molecule has 0 bridgehead atoms. The number of nitrogens with one attached hydrogen (secondary N) is 1. The normalized spacial score (nSPS) is 12.7. The zero-order valence-electron chi connectivity index (χ0n) is 9.71. The van der Waals surface area contributed by atoms with E-state index >= 15 is 0 Å². The number of aliphatic hydroxyl groups excluding tert-OH is 1. The number of nitro groups is 1. The minimum absolute atomic E-state index is 0.0470. The first-order valence-corrected chi connectivity index (χ1v) is 5.12. The number of ketones is 1. The van der Waals surface area contributed by atoms with Gasteiger partial charge in [0, 0.05) is 12.1 Å². The molecule has 1 heterocycles. The largest absolute Gasteiger partial charge is 0.395 e. The number of aromatic nitrogens is 1. The number of likely N-dealkylation sites (N-methyl/N-ethyl adjacent to an activating group) is 1. The van der Waals surface area contributed by atoms with Crippen molar-refractivity contribution in [3.05, 3.63) is 28.1 Å². The number of rotatable bonds is 6. The topological polar surface area (TPSA) is 99.5 Å². The maximum atomic E-state index is 11.7. The number of aliphatic hydroxyl groups is 1. The number of hydrogen-bond donors (Lipinski definition) is 2. The Labute approximate surface area is 98.2 Å². The van der Waals surface area contributed by atoms with Crippen molar-refractivity contribution in [3.63, 3.8) is 0 Å². The summed E-state index contributed by atoms with van der Waals surface area (Å²) < 4.78 is 0. The zero-order chi connectivity index (χ0) is 13.0. The van der Waals surface area contributed by atoms with Crippen LogP contribution in [0.1, 0.15) is 17.4 Å². The molecule has 0 radical (unpaired) electrons. The first-order valence-electron chi connectivity index (χ1n) is 5.12. The van der Waals surface area contributed by atoms with E-state index in [-0.39, 0.29) is 36.4 Å². The Bertz CT molecular complexity index is 415. The van der Waals surface area contributed by atoms with E-state index in [4.69, 9.17) is 5.11 Å². The minimum atomic E-state index is -0.562. The fourth-order valence-corrected chi connectivity index (χ4v) is 1.26. The molecule has 0 aliphatic rings. The molecule has 0 aromatic carbocycles. The van der Waals surface area contributed by atoms with Crippen molar-refractivity contribution >= 4 is 11.5 Å². The van der Waals surface area contributed by atoms with Gasteiger partial charge in [-0.1, -0.05) is 0 Å². The summed E-state index contributed by atoms with van der Waals surface area (Å²) in [7, 11) is 1.70. The van der Waals surface area contributed by atoms with Crippen LogP contribution in [0, 0.1) is 10.1 Å². The second-order valence-electron chi connectivity index (χ2n) is 3.90. The quantitative estimate of drug-likeness (QED) is 0.427. The van der Waals surface area contributed by atoms with Crippen molar-refractivity contribution in [2.75, 3.05) is 20.2 Å². The van der Waals surface area contributed by atoms with E-state index in [1.54, 1.807) is 18.9 Å².